The predicted octanol–water partition coefficient (Wildman–Crippen LogP) is 3.83. The lowest BCUT2D eigenvalue weighted by atomic mass is 10.1. The molecule has 1 saturated carbocycles. The van der Waals surface area contributed by atoms with Crippen molar-refractivity contribution < 1.29 is 14.3 Å². The highest BCUT2D eigenvalue weighted by atomic mass is 16.7. The summed E-state index contributed by atoms with van der Waals surface area (Å²) < 4.78 is 10.5. The zero-order valence-corrected chi connectivity index (χ0v) is 12.4. The van der Waals surface area contributed by atoms with Crippen molar-refractivity contribution >= 4 is 6.16 Å². The van der Waals surface area contributed by atoms with Crippen molar-refractivity contribution in [3.8, 4) is 11.8 Å². The van der Waals surface area contributed by atoms with Crippen LogP contribution in [0.1, 0.15) is 44.7 Å². The predicted molar refractivity (Wildman–Crippen MR) is 77.3 cm³/mol. The Hall–Kier alpha value is -1.95. The maximum Gasteiger partial charge on any atom is 0.510 e. The second-order valence-electron chi connectivity index (χ2n) is 6.18. The quantitative estimate of drug-likeness (QED) is 0.575. The van der Waals surface area contributed by atoms with E-state index in [1.165, 1.54) is 5.56 Å². The van der Waals surface area contributed by atoms with Crippen molar-refractivity contribution in [1.82, 2.24) is 0 Å². The molecule has 0 spiro atoms. The molecule has 1 fully saturated rings. The van der Waals surface area contributed by atoms with E-state index in [1.807, 2.05) is 52.0 Å². The highest BCUT2D eigenvalue weighted by Gasteiger charge is 2.46. The lowest BCUT2D eigenvalue weighted by molar-refractivity contribution is -0.0217. The van der Waals surface area contributed by atoms with Crippen LogP contribution in [0.15, 0.2) is 24.3 Å². The maximum absolute atomic E-state index is 11.7. The fourth-order valence-corrected chi connectivity index (χ4v) is 1.62. The van der Waals surface area contributed by atoms with Gasteiger partial charge in [-0.1, -0.05) is 23.6 Å². The fourth-order valence-electron chi connectivity index (χ4n) is 1.62. The third kappa shape index (κ3) is 4.31. The van der Waals surface area contributed by atoms with E-state index in [-0.39, 0.29) is 0 Å². The van der Waals surface area contributed by atoms with Crippen LogP contribution in [-0.2, 0) is 9.47 Å². The van der Waals surface area contributed by atoms with Gasteiger partial charge in [-0.05, 0) is 45.7 Å². The molecule has 0 radical (unpaired) electrons. The van der Waals surface area contributed by atoms with Crippen LogP contribution in [0.5, 0.6) is 0 Å². The van der Waals surface area contributed by atoms with Crippen molar-refractivity contribution in [3.05, 3.63) is 35.4 Å². The van der Waals surface area contributed by atoms with E-state index in [0.717, 1.165) is 18.4 Å². The van der Waals surface area contributed by atoms with Gasteiger partial charge in [0.05, 0.1) is 0 Å². The van der Waals surface area contributed by atoms with Crippen LogP contribution in [0.25, 0.3) is 0 Å². The number of rotatable bonds is 1. The first-order chi connectivity index (χ1) is 9.28. The Balaban J connectivity index is 1.99. The van der Waals surface area contributed by atoms with Crippen LogP contribution in [0, 0.1) is 18.8 Å². The van der Waals surface area contributed by atoms with E-state index in [9.17, 15) is 4.79 Å². The summed E-state index contributed by atoms with van der Waals surface area (Å²) in [4.78, 5) is 11.7. The van der Waals surface area contributed by atoms with Gasteiger partial charge in [0.2, 0.25) is 0 Å². The molecule has 0 saturated heterocycles. The Kier molecular flexibility index (Phi) is 3.76. The Bertz CT molecular complexity index is 549. The number of carbonyl (C=O) groups is 1. The van der Waals surface area contributed by atoms with E-state index in [0.29, 0.717) is 0 Å². The smallest absolute Gasteiger partial charge is 0.429 e. The molecule has 0 aliphatic heterocycles. The molecule has 1 aliphatic carbocycles. The minimum atomic E-state index is -0.646. The molecule has 20 heavy (non-hydrogen) atoms. The van der Waals surface area contributed by atoms with Gasteiger partial charge >= 0.3 is 6.16 Å². The normalized spacial score (nSPS) is 15.8. The third-order valence-corrected chi connectivity index (χ3v) is 2.86. The zero-order valence-electron chi connectivity index (χ0n) is 12.4. The highest BCUT2D eigenvalue weighted by molar-refractivity contribution is 5.62. The first-order valence-corrected chi connectivity index (χ1v) is 6.80. The second-order valence-corrected chi connectivity index (χ2v) is 6.18. The molecule has 0 N–H and O–H groups in total. The summed E-state index contributed by atoms with van der Waals surface area (Å²) in [5.41, 5.74) is 0.932. The molecule has 1 aromatic carbocycles. The summed E-state index contributed by atoms with van der Waals surface area (Å²) in [7, 11) is 0. The van der Waals surface area contributed by atoms with E-state index in [1.54, 1.807) is 0 Å². The fraction of sp³-hybridized carbons (Fsp3) is 0.471. The van der Waals surface area contributed by atoms with Gasteiger partial charge in [0.25, 0.3) is 0 Å². The SMILES string of the molecule is Cc1ccc(C#CC2(OC(=O)OC(C)(C)C)CC2)cc1. The molecule has 0 aromatic heterocycles. The number of carbonyl (C=O) groups excluding carboxylic acids is 1. The minimum absolute atomic E-state index is 0.544. The molecule has 1 aromatic rings. The average Bonchev–Trinajstić information content (AvgIpc) is 3.06. The van der Waals surface area contributed by atoms with Crippen molar-refractivity contribution in [1.29, 1.82) is 0 Å². The van der Waals surface area contributed by atoms with Crippen LogP contribution in [-0.4, -0.2) is 17.4 Å². The summed E-state index contributed by atoms with van der Waals surface area (Å²) in [5, 5.41) is 0. The molecule has 3 heteroatoms. The summed E-state index contributed by atoms with van der Waals surface area (Å²) in [6.45, 7) is 7.47. The number of aryl methyl sites for hydroxylation is 1. The summed E-state index contributed by atoms with van der Waals surface area (Å²) in [6.07, 6.45) is 0.893. The number of ether oxygens (including phenoxy) is 2. The van der Waals surface area contributed by atoms with Crippen LogP contribution in [0.4, 0.5) is 4.79 Å². The van der Waals surface area contributed by atoms with Gasteiger partial charge in [-0.25, -0.2) is 4.79 Å². The first-order valence-electron chi connectivity index (χ1n) is 6.80. The van der Waals surface area contributed by atoms with Crippen LogP contribution in [0.2, 0.25) is 0 Å². The molecule has 106 valence electrons. The monoisotopic (exact) mass is 272 g/mol. The van der Waals surface area contributed by atoms with Gasteiger partial charge in [-0.2, -0.15) is 0 Å². The van der Waals surface area contributed by atoms with Gasteiger partial charge in [-0.3, -0.25) is 0 Å². The Morgan fingerprint density at radius 2 is 1.80 bits per heavy atom. The van der Waals surface area contributed by atoms with Gasteiger partial charge in [0, 0.05) is 18.4 Å². The third-order valence-electron chi connectivity index (χ3n) is 2.86. The van der Waals surface area contributed by atoms with E-state index < -0.39 is 17.4 Å². The van der Waals surface area contributed by atoms with E-state index >= 15 is 0 Å². The average molecular weight is 272 g/mol. The van der Waals surface area contributed by atoms with Crippen molar-refractivity contribution in [2.45, 2.75) is 51.7 Å². The lowest BCUT2D eigenvalue weighted by Crippen LogP contribution is -2.28. The van der Waals surface area contributed by atoms with Crippen LogP contribution < -0.4 is 0 Å². The lowest BCUT2D eigenvalue weighted by Gasteiger charge is -2.20. The number of hydrogen-bond donors (Lipinski definition) is 0. The van der Waals surface area contributed by atoms with Crippen molar-refractivity contribution in [3.63, 3.8) is 0 Å². The molecule has 0 heterocycles. The summed E-state index contributed by atoms with van der Waals surface area (Å²) in [5.74, 6) is 6.11. The van der Waals surface area contributed by atoms with Crippen molar-refractivity contribution in [2.75, 3.05) is 0 Å². The number of hydrogen-bond acceptors (Lipinski definition) is 3. The van der Waals surface area contributed by atoms with Crippen molar-refractivity contribution in [2.24, 2.45) is 0 Å². The van der Waals surface area contributed by atoms with Crippen LogP contribution >= 0.6 is 0 Å². The minimum Gasteiger partial charge on any atom is -0.429 e. The first kappa shape index (κ1) is 14.5. The standard InChI is InChI=1S/C17H20O3/c1-13-5-7-14(8-6-13)9-10-17(11-12-17)20-15(18)19-16(2,3)4/h5-8H,11-12H2,1-4H3. The Labute approximate surface area is 120 Å². The molecule has 3 nitrogen and oxygen atoms in total. The highest BCUT2D eigenvalue weighted by Crippen LogP contribution is 2.39. The topological polar surface area (TPSA) is 35.5 Å². The van der Waals surface area contributed by atoms with Gasteiger partial charge < -0.3 is 9.47 Å². The molecular formula is C17H20O3. The largest absolute Gasteiger partial charge is 0.510 e. The van der Waals surface area contributed by atoms with E-state index in [2.05, 4.69) is 11.8 Å². The summed E-state index contributed by atoms with van der Waals surface area (Å²) >= 11 is 0. The molecule has 0 bridgehead atoms. The van der Waals surface area contributed by atoms with E-state index in [4.69, 9.17) is 9.47 Å². The molecule has 0 atom stereocenters. The number of benzene rings is 1. The molecule has 1 aliphatic rings. The molecular weight excluding hydrogens is 252 g/mol. The Morgan fingerprint density at radius 3 is 2.30 bits per heavy atom. The van der Waals surface area contributed by atoms with Crippen LogP contribution in [0.3, 0.4) is 0 Å². The summed E-state index contributed by atoms with van der Waals surface area (Å²) in [6, 6.07) is 7.95. The second kappa shape index (κ2) is 5.20. The molecule has 2 rings (SSSR count). The van der Waals surface area contributed by atoms with Gasteiger partial charge in [-0.15, -0.1) is 0 Å². The maximum atomic E-state index is 11.7. The zero-order chi connectivity index (χ0) is 14.8. The van der Waals surface area contributed by atoms with Gasteiger partial charge in [0.15, 0.2) is 5.60 Å². The molecule has 0 amide bonds. The Morgan fingerprint density at radius 1 is 1.20 bits per heavy atom. The molecule has 0 unspecified atom stereocenters. The van der Waals surface area contributed by atoms with Gasteiger partial charge in [0.1, 0.15) is 5.60 Å².